The zero-order valence-electron chi connectivity index (χ0n) is 17.5. The van der Waals surface area contributed by atoms with Gasteiger partial charge in [0.25, 0.3) is 0 Å². The average molecular weight is 435 g/mol. The molecule has 1 aliphatic heterocycles. The Labute approximate surface area is 184 Å². The maximum Gasteiger partial charge on any atom is 0.347 e. The zero-order valence-corrected chi connectivity index (χ0v) is 18.3. The highest BCUT2D eigenvalue weighted by Gasteiger charge is 2.31. The molecule has 1 saturated heterocycles. The zero-order chi connectivity index (χ0) is 22.0. The summed E-state index contributed by atoms with van der Waals surface area (Å²) in [7, 11) is 0. The number of amidine groups is 1. The number of aliphatic imine (C=N–C) groups is 1. The van der Waals surface area contributed by atoms with Gasteiger partial charge in [0.05, 0.1) is 11.4 Å². The lowest BCUT2D eigenvalue weighted by atomic mass is 10.1. The van der Waals surface area contributed by atoms with Gasteiger partial charge >= 0.3 is 6.03 Å². The summed E-state index contributed by atoms with van der Waals surface area (Å²) in [6.07, 6.45) is 2.22. The molecule has 0 atom stereocenters. The summed E-state index contributed by atoms with van der Waals surface area (Å²) in [5, 5.41) is 9.87. The van der Waals surface area contributed by atoms with Crippen molar-refractivity contribution in [2.45, 2.75) is 27.2 Å². The molecule has 3 amide bonds. The van der Waals surface area contributed by atoms with Crippen molar-refractivity contribution in [3.8, 4) is 11.4 Å². The van der Waals surface area contributed by atoms with Crippen LogP contribution in [0.4, 0.5) is 16.2 Å². The minimum atomic E-state index is -0.525. The number of aromatic nitrogens is 3. The van der Waals surface area contributed by atoms with Gasteiger partial charge in [0.15, 0.2) is 11.0 Å². The smallest absolute Gasteiger partial charge is 0.306 e. The van der Waals surface area contributed by atoms with Gasteiger partial charge in [-0.3, -0.25) is 14.8 Å². The Hall–Kier alpha value is -3.46. The molecule has 2 aromatic carbocycles. The van der Waals surface area contributed by atoms with E-state index < -0.39 is 6.03 Å². The van der Waals surface area contributed by atoms with Crippen LogP contribution in [0.15, 0.2) is 47.7 Å². The van der Waals surface area contributed by atoms with Gasteiger partial charge in [-0.1, -0.05) is 30.8 Å². The van der Waals surface area contributed by atoms with Crippen molar-refractivity contribution in [2.24, 2.45) is 4.99 Å². The van der Waals surface area contributed by atoms with Crippen molar-refractivity contribution < 1.29 is 9.59 Å². The van der Waals surface area contributed by atoms with Crippen LogP contribution in [-0.4, -0.2) is 38.0 Å². The Morgan fingerprint density at radius 3 is 2.81 bits per heavy atom. The monoisotopic (exact) mass is 434 g/mol. The van der Waals surface area contributed by atoms with Gasteiger partial charge in [-0.25, -0.2) is 9.78 Å². The summed E-state index contributed by atoms with van der Waals surface area (Å²) >= 11 is 1.27. The average Bonchev–Trinajstić information content (AvgIpc) is 3.40. The van der Waals surface area contributed by atoms with Crippen LogP contribution in [0, 0.1) is 13.8 Å². The minimum Gasteiger partial charge on any atom is -0.306 e. The predicted octanol–water partition coefficient (Wildman–Crippen LogP) is 4.32. The summed E-state index contributed by atoms with van der Waals surface area (Å²) < 4.78 is 0. The molecular weight excluding hydrogens is 412 g/mol. The second-order valence-electron chi connectivity index (χ2n) is 7.19. The lowest BCUT2D eigenvalue weighted by Gasteiger charge is -2.20. The lowest BCUT2D eigenvalue weighted by molar-refractivity contribution is -0.115. The van der Waals surface area contributed by atoms with Gasteiger partial charge in [-0.2, -0.15) is 10.1 Å². The first-order valence-corrected chi connectivity index (χ1v) is 10.9. The second kappa shape index (κ2) is 8.73. The van der Waals surface area contributed by atoms with Crippen molar-refractivity contribution in [1.29, 1.82) is 0 Å². The number of aryl methyl sites for hydroxylation is 3. The minimum absolute atomic E-state index is 0.0792. The maximum absolute atomic E-state index is 12.7. The number of rotatable bonds is 4. The molecule has 1 aromatic heterocycles. The quantitative estimate of drug-likeness (QED) is 0.637. The fourth-order valence-electron chi connectivity index (χ4n) is 3.39. The number of carbonyl (C=O) groups excluding carboxylic acids is 2. The molecule has 4 rings (SSSR count). The van der Waals surface area contributed by atoms with E-state index in [-0.39, 0.29) is 11.7 Å². The van der Waals surface area contributed by atoms with Crippen LogP contribution in [0.3, 0.4) is 0 Å². The lowest BCUT2D eigenvalue weighted by Crippen LogP contribution is -2.31. The van der Waals surface area contributed by atoms with Crippen molar-refractivity contribution in [3.63, 3.8) is 0 Å². The number of carbonyl (C=O) groups is 2. The topological polar surface area (TPSA) is 103 Å². The molecular formula is C22H22N6O2S. The number of nitrogens with zero attached hydrogens (tertiary/aromatic N) is 4. The molecule has 3 aromatic rings. The molecule has 2 N–H and O–H groups in total. The molecule has 8 nitrogen and oxygen atoms in total. The van der Waals surface area contributed by atoms with Crippen molar-refractivity contribution in [1.82, 2.24) is 15.2 Å². The van der Waals surface area contributed by atoms with Crippen molar-refractivity contribution in [3.05, 3.63) is 59.4 Å². The third-order valence-corrected chi connectivity index (χ3v) is 5.91. The van der Waals surface area contributed by atoms with Gasteiger partial charge < -0.3 is 5.32 Å². The molecule has 1 fully saturated rings. The molecule has 2 heterocycles. The van der Waals surface area contributed by atoms with E-state index in [4.69, 9.17) is 0 Å². The molecule has 0 radical (unpaired) electrons. The van der Waals surface area contributed by atoms with Crippen molar-refractivity contribution >= 4 is 40.2 Å². The van der Waals surface area contributed by atoms with Crippen LogP contribution in [0.25, 0.3) is 11.4 Å². The van der Waals surface area contributed by atoms with Gasteiger partial charge in [0.1, 0.15) is 6.33 Å². The fourth-order valence-corrected chi connectivity index (χ4v) is 4.25. The summed E-state index contributed by atoms with van der Waals surface area (Å²) in [5.41, 5.74) is 5.24. The molecule has 0 saturated carbocycles. The van der Waals surface area contributed by atoms with E-state index in [0.29, 0.717) is 16.7 Å². The van der Waals surface area contributed by atoms with E-state index in [9.17, 15) is 9.59 Å². The Balaban J connectivity index is 1.57. The Morgan fingerprint density at radius 2 is 2.10 bits per heavy atom. The second-order valence-corrected chi connectivity index (χ2v) is 8.13. The number of benzene rings is 2. The van der Waals surface area contributed by atoms with E-state index in [0.717, 1.165) is 34.4 Å². The van der Waals surface area contributed by atoms with E-state index >= 15 is 0 Å². The molecule has 1 aliphatic rings. The Kier molecular flexibility index (Phi) is 5.85. The number of thioether (sulfide) groups is 1. The van der Waals surface area contributed by atoms with Crippen LogP contribution in [0.5, 0.6) is 0 Å². The van der Waals surface area contributed by atoms with Crippen LogP contribution < -0.4 is 10.2 Å². The normalized spacial score (nSPS) is 15.0. The Morgan fingerprint density at radius 1 is 1.26 bits per heavy atom. The summed E-state index contributed by atoms with van der Waals surface area (Å²) in [5.74, 6) is 0.834. The van der Waals surface area contributed by atoms with Crippen LogP contribution in [0.2, 0.25) is 0 Å². The highest BCUT2D eigenvalue weighted by molar-refractivity contribution is 8.15. The number of hydrogen-bond acceptors (Lipinski definition) is 5. The third-order valence-electron chi connectivity index (χ3n) is 4.98. The largest absolute Gasteiger partial charge is 0.347 e. The summed E-state index contributed by atoms with van der Waals surface area (Å²) in [6, 6.07) is 11.0. The number of amides is 3. The molecule has 31 heavy (non-hydrogen) atoms. The SMILES string of the molecule is CCc1ccc(C)cc1N1C(=O)CS/C1=N\C(=O)Nc1ccc(-c2ncn[nH]2)cc1C. The number of aromatic amines is 1. The first-order valence-electron chi connectivity index (χ1n) is 9.87. The van der Waals surface area contributed by atoms with Gasteiger partial charge in [-0.05, 0) is 61.2 Å². The van der Waals surface area contributed by atoms with Crippen LogP contribution in [0.1, 0.15) is 23.6 Å². The van der Waals surface area contributed by atoms with E-state index in [1.807, 2.05) is 51.1 Å². The van der Waals surface area contributed by atoms with Crippen LogP contribution >= 0.6 is 11.8 Å². The van der Waals surface area contributed by atoms with E-state index in [2.05, 4.69) is 25.5 Å². The highest BCUT2D eigenvalue weighted by atomic mass is 32.2. The standard InChI is InChI=1S/C22H22N6O2S/c1-4-15-6-5-13(2)9-18(15)28-19(29)11-31-22(28)26-21(30)25-17-8-7-16(10-14(17)3)20-23-12-24-27-20/h5-10,12H,4,11H2,1-3H3,(H,25,30)(H,23,24,27)/b26-22-. The first kappa shape index (κ1) is 20.8. The number of hydrogen-bond donors (Lipinski definition) is 2. The van der Waals surface area contributed by atoms with Gasteiger partial charge in [0, 0.05) is 11.3 Å². The van der Waals surface area contributed by atoms with E-state index in [1.165, 1.54) is 18.1 Å². The van der Waals surface area contributed by atoms with Crippen LogP contribution in [-0.2, 0) is 11.2 Å². The number of urea groups is 1. The summed E-state index contributed by atoms with van der Waals surface area (Å²) in [6.45, 7) is 5.91. The molecule has 158 valence electrons. The summed E-state index contributed by atoms with van der Waals surface area (Å²) in [4.78, 5) is 35.1. The molecule has 0 unspecified atom stereocenters. The first-order chi connectivity index (χ1) is 15.0. The van der Waals surface area contributed by atoms with Crippen molar-refractivity contribution in [2.75, 3.05) is 16.0 Å². The molecule has 9 heteroatoms. The molecule has 0 spiro atoms. The van der Waals surface area contributed by atoms with E-state index in [1.54, 1.807) is 11.0 Å². The number of anilines is 2. The predicted molar refractivity (Wildman–Crippen MR) is 124 cm³/mol. The Bertz CT molecular complexity index is 1170. The van der Waals surface area contributed by atoms with Gasteiger partial charge in [-0.15, -0.1) is 0 Å². The third kappa shape index (κ3) is 4.36. The molecule has 0 bridgehead atoms. The van der Waals surface area contributed by atoms with Gasteiger partial charge in [0.2, 0.25) is 5.91 Å². The highest BCUT2D eigenvalue weighted by Crippen LogP contribution is 2.31. The fraction of sp³-hybridized carbons (Fsp3) is 0.227. The maximum atomic E-state index is 12.7. The molecule has 0 aliphatic carbocycles. The number of nitrogens with one attached hydrogen (secondary N) is 2. The number of H-pyrrole nitrogens is 1.